The predicted octanol–water partition coefficient (Wildman–Crippen LogP) is 2.62. The highest BCUT2D eigenvalue weighted by Crippen LogP contribution is 2.19. The molecule has 1 aromatic rings. The van der Waals surface area contributed by atoms with Gasteiger partial charge in [-0.1, -0.05) is 19.1 Å². The summed E-state index contributed by atoms with van der Waals surface area (Å²) in [6, 6.07) is 4.39. The fourth-order valence-corrected chi connectivity index (χ4v) is 1.53. The van der Waals surface area contributed by atoms with Crippen molar-refractivity contribution >= 4 is 0 Å². The van der Waals surface area contributed by atoms with Crippen molar-refractivity contribution < 1.29 is 0 Å². The number of hydrogen-bond donors (Lipinski definition) is 1. The quantitative estimate of drug-likeness (QED) is 0.738. The van der Waals surface area contributed by atoms with E-state index in [0.29, 0.717) is 0 Å². The summed E-state index contributed by atoms with van der Waals surface area (Å²) in [5.74, 6) is 0. The van der Waals surface area contributed by atoms with Gasteiger partial charge in [0.15, 0.2) is 0 Å². The highest BCUT2D eigenvalue weighted by molar-refractivity contribution is 5.26. The molecule has 0 aliphatic rings. The Labute approximate surface area is 86.1 Å². The molecule has 1 rings (SSSR count). The summed E-state index contributed by atoms with van der Waals surface area (Å²) in [5, 5.41) is 3.40. The van der Waals surface area contributed by atoms with E-state index in [1.165, 1.54) is 5.56 Å². The third kappa shape index (κ3) is 2.67. The number of rotatable bonds is 4. The first kappa shape index (κ1) is 10.9. The summed E-state index contributed by atoms with van der Waals surface area (Å²) < 4.78 is 0. The number of likely N-dealkylation sites (N-methyl/N-ethyl adjacent to an activating group) is 1. The number of aromatic nitrogens is 1. The van der Waals surface area contributed by atoms with Crippen LogP contribution < -0.4 is 5.32 Å². The Morgan fingerprint density at radius 1 is 1.64 bits per heavy atom. The molecule has 2 heteroatoms. The van der Waals surface area contributed by atoms with Crippen LogP contribution in [-0.4, -0.2) is 11.5 Å². The Balaban J connectivity index is 2.93. The normalized spacial score (nSPS) is 12.5. The van der Waals surface area contributed by atoms with Gasteiger partial charge >= 0.3 is 0 Å². The van der Waals surface area contributed by atoms with E-state index in [9.17, 15) is 0 Å². The SMILES string of the molecule is C=C(C)C(NCC)c1ccnc(C)c1. The molecule has 0 aromatic carbocycles. The van der Waals surface area contributed by atoms with Gasteiger partial charge in [-0.05, 0) is 38.1 Å². The van der Waals surface area contributed by atoms with E-state index in [0.717, 1.165) is 17.8 Å². The smallest absolute Gasteiger partial charge is 0.0531 e. The average Bonchev–Trinajstić information content (AvgIpc) is 2.13. The number of hydrogen-bond acceptors (Lipinski definition) is 2. The Kier molecular flexibility index (Phi) is 3.84. The van der Waals surface area contributed by atoms with Crippen LogP contribution in [0.2, 0.25) is 0 Å². The van der Waals surface area contributed by atoms with Crippen LogP contribution in [0.3, 0.4) is 0 Å². The Bertz CT molecular complexity index is 318. The maximum Gasteiger partial charge on any atom is 0.0531 e. The highest BCUT2D eigenvalue weighted by Gasteiger charge is 2.10. The molecule has 1 N–H and O–H groups in total. The summed E-state index contributed by atoms with van der Waals surface area (Å²) in [5.41, 5.74) is 3.43. The first-order valence-electron chi connectivity index (χ1n) is 4.96. The number of nitrogens with one attached hydrogen (secondary N) is 1. The van der Waals surface area contributed by atoms with E-state index in [4.69, 9.17) is 0 Å². The molecule has 0 bridgehead atoms. The molecule has 1 aromatic heterocycles. The second-order valence-corrected chi connectivity index (χ2v) is 3.57. The van der Waals surface area contributed by atoms with E-state index in [2.05, 4.69) is 29.9 Å². The molecule has 0 saturated heterocycles. The minimum atomic E-state index is 0.252. The summed E-state index contributed by atoms with van der Waals surface area (Å²) in [6.07, 6.45) is 1.85. The van der Waals surface area contributed by atoms with Crippen molar-refractivity contribution in [3.63, 3.8) is 0 Å². The molecule has 0 saturated carbocycles. The Morgan fingerprint density at radius 3 is 2.86 bits per heavy atom. The van der Waals surface area contributed by atoms with E-state index < -0.39 is 0 Å². The van der Waals surface area contributed by atoms with Gasteiger partial charge in [-0.25, -0.2) is 0 Å². The summed E-state index contributed by atoms with van der Waals surface area (Å²) in [4.78, 5) is 4.18. The van der Waals surface area contributed by atoms with Gasteiger partial charge in [0.25, 0.3) is 0 Å². The second kappa shape index (κ2) is 4.91. The topological polar surface area (TPSA) is 24.9 Å². The van der Waals surface area contributed by atoms with Crippen LogP contribution in [0.15, 0.2) is 30.5 Å². The molecule has 0 spiro atoms. The van der Waals surface area contributed by atoms with Gasteiger partial charge in [-0.3, -0.25) is 4.98 Å². The van der Waals surface area contributed by atoms with Gasteiger partial charge < -0.3 is 5.32 Å². The first-order valence-corrected chi connectivity index (χ1v) is 4.96. The minimum Gasteiger partial charge on any atom is -0.307 e. The molecule has 0 amide bonds. The van der Waals surface area contributed by atoms with Crippen molar-refractivity contribution in [1.29, 1.82) is 0 Å². The molecule has 14 heavy (non-hydrogen) atoms. The van der Waals surface area contributed by atoms with E-state index in [-0.39, 0.29) is 6.04 Å². The lowest BCUT2D eigenvalue weighted by atomic mass is 10.0. The van der Waals surface area contributed by atoms with Crippen LogP contribution in [-0.2, 0) is 0 Å². The predicted molar refractivity (Wildman–Crippen MR) is 60.2 cm³/mol. The maximum absolute atomic E-state index is 4.18. The third-order valence-corrected chi connectivity index (χ3v) is 2.16. The lowest BCUT2D eigenvalue weighted by Crippen LogP contribution is -2.21. The van der Waals surface area contributed by atoms with Crippen LogP contribution in [0.1, 0.15) is 31.1 Å². The molecule has 1 heterocycles. The van der Waals surface area contributed by atoms with Gasteiger partial charge in [0, 0.05) is 11.9 Å². The summed E-state index contributed by atoms with van der Waals surface area (Å²) >= 11 is 0. The van der Waals surface area contributed by atoms with Gasteiger partial charge in [-0.2, -0.15) is 0 Å². The van der Waals surface area contributed by atoms with Crippen LogP contribution in [0.25, 0.3) is 0 Å². The number of nitrogens with zero attached hydrogens (tertiary/aromatic N) is 1. The van der Waals surface area contributed by atoms with Crippen molar-refractivity contribution in [2.75, 3.05) is 6.54 Å². The minimum absolute atomic E-state index is 0.252. The standard InChI is InChI=1S/C12H18N2/c1-5-13-12(9(2)3)11-6-7-14-10(4)8-11/h6-8,12-13H,2,5H2,1,3-4H3. The molecule has 0 radical (unpaired) electrons. The molecule has 0 aliphatic carbocycles. The van der Waals surface area contributed by atoms with Gasteiger partial charge in [0.1, 0.15) is 0 Å². The summed E-state index contributed by atoms with van der Waals surface area (Å²) in [7, 11) is 0. The molecule has 76 valence electrons. The van der Waals surface area contributed by atoms with Crippen LogP contribution >= 0.6 is 0 Å². The van der Waals surface area contributed by atoms with Crippen molar-refractivity contribution in [3.8, 4) is 0 Å². The van der Waals surface area contributed by atoms with Crippen LogP contribution in [0.5, 0.6) is 0 Å². The lowest BCUT2D eigenvalue weighted by molar-refractivity contribution is 0.620. The third-order valence-electron chi connectivity index (χ3n) is 2.16. The van der Waals surface area contributed by atoms with Gasteiger partial charge in [0.05, 0.1) is 6.04 Å². The lowest BCUT2D eigenvalue weighted by Gasteiger charge is -2.18. The van der Waals surface area contributed by atoms with Crippen molar-refractivity contribution in [3.05, 3.63) is 41.7 Å². The second-order valence-electron chi connectivity index (χ2n) is 3.57. The van der Waals surface area contributed by atoms with Crippen molar-refractivity contribution in [2.45, 2.75) is 26.8 Å². The monoisotopic (exact) mass is 190 g/mol. The highest BCUT2D eigenvalue weighted by atomic mass is 14.9. The maximum atomic E-state index is 4.18. The fourth-order valence-electron chi connectivity index (χ4n) is 1.53. The molecule has 0 fully saturated rings. The largest absolute Gasteiger partial charge is 0.307 e. The zero-order chi connectivity index (χ0) is 10.6. The Hall–Kier alpha value is -1.15. The van der Waals surface area contributed by atoms with Crippen LogP contribution in [0.4, 0.5) is 0 Å². The summed E-state index contributed by atoms with van der Waals surface area (Å²) in [6.45, 7) is 11.1. The van der Waals surface area contributed by atoms with E-state index >= 15 is 0 Å². The zero-order valence-corrected chi connectivity index (χ0v) is 9.17. The molecule has 0 aliphatic heterocycles. The van der Waals surface area contributed by atoms with E-state index in [1.807, 2.05) is 26.1 Å². The average molecular weight is 190 g/mol. The molecular weight excluding hydrogens is 172 g/mol. The van der Waals surface area contributed by atoms with Crippen molar-refractivity contribution in [1.82, 2.24) is 10.3 Å². The number of aryl methyl sites for hydroxylation is 1. The first-order chi connectivity index (χ1) is 6.65. The number of pyridine rings is 1. The molecule has 1 atom stereocenters. The zero-order valence-electron chi connectivity index (χ0n) is 9.17. The van der Waals surface area contributed by atoms with Gasteiger partial charge in [-0.15, -0.1) is 0 Å². The Morgan fingerprint density at radius 2 is 2.36 bits per heavy atom. The molecule has 2 nitrogen and oxygen atoms in total. The molecule has 1 unspecified atom stereocenters. The fraction of sp³-hybridized carbons (Fsp3) is 0.417. The van der Waals surface area contributed by atoms with E-state index in [1.54, 1.807) is 0 Å². The van der Waals surface area contributed by atoms with Crippen LogP contribution in [0, 0.1) is 6.92 Å². The molecular formula is C12H18N2. The van der Waals surface area contributed by atoms with Gasteiger partial charge in [0.2, 0.25) is 0 Å². The van der Waals surface area contributed by atoms with Crippen molar-refractivity contribution in [2.24, 2.45) is 0 Å².